The van der Waals surface area contributed by atoms with Crippen LogP contribution in [0, 0.1) is 11.6 Å². The summed E-state index contributed by atoms with van der Waals surface area (Å²) < 4.78 is 37.2. The van der Waals surface area contributed by atoms with E-state index in [4.69, 9.17) is 15.0 Å². The van der Waals surface area contributed by atoms with E-state index in [1.54, 1.807) is 24.3 Å². The minimum atomic E-state index is -0.923. The molecule has 2 amide bonds. The van der Waals surface area contributed by atoms with Gasteiger partial charge in [0.05, 0.1) is 12.5 Å². The maximum absolute atomic E-state index is 13.3. The number of benzene rings is 3. The first-order chi connectivity index (χ1) is 21.3. The standard InChI is InChI=1S/C32H33F2N5O5/c33-25-16-23(17-26(34)19-25)13-15-36-31(41)24-11-9-21(10-12-24)18-28-38-30(39-44-28)29(40)27(8-4-5-14-35)37-32(42)43-20-22-6-2-1-3-7-22/h1-3,6-7,9-12,16-17,19,27H,4-5,8,13-15,18,20,35H2,(H,36,41)(H,37,42)/t27-/m0/s1. The van der Waals surface area contributed by atoms with Crippen LogP contribution in [0.4, 0.5) is 13.6 Å². The van der Waals surface area contributed by atoms with E-state index in [9.17, 15) is 23.2 Å². The maximum atomic E-state index is 13.3. The third-order valence-electron chi connectivity index (χ3n) is 6.65. The minimum absolute atomic E-state index is 0.0549. The zero-order valence-corrected chi connectivity index (χ0v) is 23.9. The second-order valence-electron chi connectivity index (χ2n) is 10.1. The van der Waals surface area contributed by atoms with Gasteiger partial charge in [0.2, 0.25) is 17.5 Å². The van der Waals surface area contributed by atoms with Crippen molar-refractivity contribution in [1.82, 2.24) is 20.8 Å². The Morgan fingerprint density at radius 3 is 2.34 bits per heavy atom. The van der Waals surface area contributed by atoms with Crippen LogP contribution in [0.5, 0.6) is 0 Å². The van der Waals surface area contributed by atoms with Gasteiger partial charge in [-0.2, -0.15) is 4.98 Å². The van der Waals surface area contributed by atoms with E-state index in [1.165, 1.54) is 12.1 Å². The Bertz CT molecular complexity index is 1530. The van der Waals surface area contributed by atoms with E-state index in [0.717, 1.165) is 17.2 Å². The van der Waals surface area contributed by atoms with Crippen molar-refractivity contribution in [2.45, 2.75) is 44.8 Å². The smallest absolute Gasteiger partial charge is 0.408 e. The molecule has 1 atom stereocenters. The van der Waals surface area contributed by atoms with Crippen molar-refractivity contribution in [2.24, 2.45) is 5.73 Å². The van der Waals surface area contributed by atoms with Gasteiger partial charge < -0.3 is 25.6 Å². The molecule has 0 unspecified atom stereocenters. The highest BCUT2D eigenvalue weighted by Gasteiger charge is 2.27. The SMILES string of the molecule is NCCCC[C@H](NC(=O)OCc1ccccc1)C(=O)c1noc(Cc2ccc(C(=O)NCCc3cc(F)cc(F)c3)cc2)n1. The van der Waals surface area contributed by atoms with Crippen molar-refractivity contribution in [3.05, 3.63) is 118 Å². The van der Waals surface area contributed by atoms with Crippen LogP contribution in [0.15, 0.2) is 77.3 Å². The van der Waals surface area contributed by atoms with Crippen molar-refractivity contribution in [3.8, 4) is 0 Å². The van der Waals surface area contributed by atoms with Crippen molar-refractivity contribution >= 4 is 17.8 Å². The molecule has 3 aromatic carbocycles. The topological polar surface area (TPSA) is 149 Å². The third kappa shape index (κ3) is 9.80. The summed E-state index contributed by atoms with van der Waals surface area (Å²) >= 11 is 0. The molecule has 0 saturated carbocycles. The molecule has 12 heteroatoms. The van der Waals surface area contributed by atoms with Crippen molar-refractivity contribution < 1.29 is 32.4 Å². The molecule has 1 heterocycles. The highest BCUT2D eigenvalue weighted by atomic mass is 19.1. The molecule has 0 spiro atoms. The number of hydrogen-bond acceptors (Lipinski definition) is 8. The predicted octanol–water partition coefficient (Wildman–Crippen LogP) is 4.52. The second-order valence-corrected chi connectivity index (χ2v) is 10.1. The highest BCUT2D eigenvalue weighted by molar-refractivity contribution is 5.98. The van der Waals surface area contributed by atoms with Crippen LogP contribution in [0.2, 0.25) is 0 Å². The molecule has 0 bridgehead atoms. The van der Waals surface area contributed by atoms with Crippen LogP contribution in [0.25, 0.3) is 0 Å². The number of aromatic nitrogens is 2. The number of nitrogens with one attached hydrogen (secondary N) is 2. The van der Waals surface area contributed by atoms with E-state index < -0.39 is 29.6 Å². The Morgan fingerprint density at radius 1 is 0.909 bits per heavy atom. The number of nitrogens with zero attached hydrogens (tertiary/aromatic N) is 2. The Morgan fingerprint density at radius 2 is 1.64 bits per heavy atom. The van der Waals surface area contributed by atoms with Crippen LogP contribution >= 0.6 is 0 Å². The molecule has 0 aliphatic heterocycles. The quantitative estimate of drug-likeness (QED) is 0.132. The molecule has 0 aliphatic carbocycles. The summed E-state index contributed by atoms with van der Waals surface area (Å²) in [5.41, 5.74) is 7.98. The van der Waals surface area contributed by atoms with Gasteiger partial charge >= 0.3 is 6.09 Å². The number of nitrogens with two attached hydrogens (primary N) is 1. The number of halogens is 2. The van der Waals surface area contributed by atoms with Crippen molar-refractivity contribution in [2.75, 3.05) is 13.1 Å². The minimum Gasteiger partial charge on any atom is -0.445 e. The first kappa shape index (κ1) is 32.0. The lowest BCUT2D eigenvalue weighted by Gasteiger charge is -2.16. The molecule has 0 saturated heterocycles. The van der Waals surface area contributed by atoms with Gasteiger partial charge in [0.25, 0.3) is 5.91 Å². The third-order valence-corrected chi connectivity index (χ3v) is 6.65. The largest absolute Gasteiger partial charge is 0.445 e. The molecule has 230 valence electrons. The number of ether oxygens (including phenoxy) is 1. The Kier molecular flexibility index (Phi) is 11.6. The van der Waals surface area contributed by atoms with E-state index in [0.29, 0.717) is 36.9 Å². The number of hydrogen-bond donors (Lipinski definition) is 3. The highest BCUT2D eigenvalue weighted by Crippen LogP contribution is 2.13. The molecule has 4 rings (SSSR count). The number of alkyl carbamates (subject to hydrolysis) is 1. The first-order valence-corrected chi connectivity index (χ1v) is 14.2. The van der Waals surface area contributed by atoms with Gasteiger partial charge in [-0.15, -0.1) is 0 Å². The average molecular weight is 606 g/mol. The Hall–Kier alpha value is -4.97. The van der Waals surface area contributed by atoms with Gasteiger partial charge in [-0.05, 0) is 73.2 Å². The van der Waals surface area contributed by atoms with Crippen LogP contribution in [-0.4, -0.2) is 47.1 Å². The van der Waals surface area contributed by atoms with Crippen LogP contribution in [-0.2, 0) is 24.2 Å². The molecular formula is C32H33F2N5O5. The average Bonchev–Trinajstić information content (AvgIpc) is 3.48. The molecule has 44 heavy (non-hydrogen) atoms. The number of Topliss-reactive ketones (excluding diaryl/α,β-unsaturated/α-hetero) is 1. The lowest BCUT2D eigenvalue weighted by atomic mass is 10.0. The number of carbonyl (C=O) groups excluding carboxylic acids is 3. The van der Waals surface area contributed by atoms with Gasteiger partial charge in [-0.1, -0.05) is 47.6 Å². The lowest BCUT2D eigenvalue weighted by Crippen LogP contribution is -2.41. The fourth-order valence-corrected chi connectivity index (χ4v) is 4.38. The fourth-order valence-electron chi connectivity index (χ4n) is 4.38. The molecule has 1 aromatic heterocycles. The fraction of sp³-hybridized carbons (Fsp3) is 0.281. The molecule has 0 fully saturated rings. The summed E-state index contributed by atoms with van der Waals surface area (Å²) in [4.78, 5) is 42.3. The van der Waals surface area contributed by atoms with E-state index >= 15 is 0 Å². The summed E-state index contributed by atoms with van der Waals surface area (Å²) in [5, 5.41) is 9.14. The van der Waals surface area contributed by atoms with Gasteiger partial charge in [-0.3, -0.25) is 9.59 Å². The van der Waals surface area contributed by atoms with E-state index in [2.05, 4.69) is 20.8 Å². The lowest BCUT2D eigenvalue weighted by molar-refractivity contribution is 0.0896. The number of carbonyl (C=O) groups is 3. The first-order valence-electron chi connectivity index (χ1n) is 14.2. The number of rotatable bonds is 15. The van der Waals surface area contributed by atoms with Gasteiger partial charge in [0.1, 0.15) is 18.2 Å². The second kappa shape index (κ2) is 16.0. The van der Waals surface area contributed by atoms with Gasteiger partial charge in [0, 0.05) is 18.2 Å². The van der Waals surface area contributed by atoms with Crippen molar-refractivity contribution in [1.29, 1.82) is 0 Å². The summed E-state index contributed by atoms with van der Waals surface area (Å²) in [6, 6.07) is 18.1. The zero-order valence-electron chi connectivity index (χ0n) is 23.9. The Labute approximate surface area is 253 Å². The summed E-state index contributed by atoms with van der Waals surface area (Å²) in [6.45, 7) is 0.705. The zero-order chi connectivity index (χ0) is 31.3. The number of amides is 2. The molecular weight excluding hydrogens is 572 g/mol. The summed E-state index contributed by atoms with van der Waals surface area (Å²) in [7, 11) is 0. The monoisotopic (exact) mass is 605 g/mol. The molecule has 4 aromatic rings. The maximum Gasteiger partial charge on any atom is 0.408 e. The predicted molar refractivity (Wildman–Crippen MR) is 157 cm³/mol. The molecule has 10 nitrogen and oxygen atoms in total. The molecule has 0 radical (unpaired) electrons. The summed E-state index contributed by atoms with van der Waals surface area (Å²) in [6.07, 6.45) is 1.33. The number of unbranched alkanes of at least 4 members (excludes halogenated alkanes) is 1. The van der Waals surface area contributed by atoms with Crippen LogP contribution in [0.1, 0.15) is 62.8 Å². The van der Waals surface area contributed by atoms with E-state index in [-0.39, 0.29) is 43.6 Å². The van der Waals surface area contributed by atoms with Crippen molar-refractivity contribution in [3.63, 3.8) is 0 Å². The number of ketones is 1. The van der Waals surface area contributed by atoms with E-state index in [1.807, 2.05) is 30.3 Å². The van der Waals surface area contributed by atoms with Crippen LogP contribution in [0.3, 0.4) is 0 Å². The van der Waals surface area contributed by atoms with Crippen LogP contribution < -0.4 is 16.4 Å². The normalized spacial score (nSPS) is 11.5. The summed E-state index contributed by atoms with van der Waals surface area (Å²) in [5.74, 6) is -2.18. The molecule has 4 N–H and O–H groups in total. The van der Waals surface area contributed by atoms with Gasteiger partial charge in [0.15, 0.2) is 0 Å². The van der Waals surface area contributed by atoms with Gasteiger partial charge in [-0.25, -0.2) is 13.6 Å². The Balaban J connectivity index is 1.30. The molecule has 0 aliphatic rings.